The summed E-state index contributed by atoms with van der Waals surface area (Å²) in [6.07, 6.45) is 2.71. The van der Waals surface area contributed by atoms with Crippen molar-refractivity contribution in [3.05, 3.63) is 35.9 Å². The minimum Gasteiger partial charge on any atom is -0.378 e. The third kappa shape index (κ3) is 10.2. The molecule has 2 atom stereocenters. The molecule has 0 bridgehead atoms. The zero-order valence-electron chi connectivity index (χ0n) is 19.6. The van der Waals surface area contributed by atoms with E-state index in [2.05, 4.69) is 43.5 Å². The number of amides is 1. The molecule has 0 aliphatic carbocycles. The Bertz CT molecular complexity index is 654. The Balaban J connectivity index is 0.00000480. The average Bonchev–Trinajstić information content (AvgIpc) is 3.10. The molecule has 1 heterocycles. The van der Waals surface area contributed by atoms with Crippen molar-refractivity contribution in [2.24, 2.45) is 16.8 Å². The number of benzene rings is 1. The molecule has 1 aliphatic rings. The molecule has 0 aromatic heterocycles. The summed E-state index contributed by atoms with van der Waals surface area (Å²) in [7, 11) is 0. The molecule has 2 rings (SSSR count). The SMILES string of the molecule is CCNC(=NCC1CC(=O)N(CCc2ccccc2)C1)NCCC(OCC)C(C)C.I. The number of carbonyl (C=O) groups excluding carboxylic acids is 1. The van der Waals surface area contributed by atoms with E-state index in [1.165, 1.54) is 5.56 Å². The van der Waals surface area contributed by atoms with Crippen molar-refractivity contribution >= 4 is 35.8 Å². The lowest BCUT2D eigenvalue weighted by Gasteiger charge is -2.21. The zero-order valence-corrected chi connectivity index (χ0v) is 21.9. The number of halogens is 1. The second-order valence-corrected chi connectivity index (χ2v) is 8.32. The first-order chi connectivity index (χ1) is 14.5. The van der Waals surface area contributed by atoms with Gasteiger partial charge < -0.3 is 20.3 Å². The van der Waals surface area contributed by atoms with Crippen LogP contribution >= 0.6 is 24.0 Å². The number of aliphatic imine (C=N–C) groups is 1. The standard InChI is InChI=1S/C24H40N4O2.HI/c1-5-25-24(26-14-12-22(19(3)4)30-6-2)27-17-21-16-23(29)28(18-21)15-13-20-10-8-7-9-11-20;/h7-11,19,21-22H,5-6,12-18H2,1-4H3,(H2,25,26,27);1H. The maximum atomic E-state index is 12.4. The monoisotopic (exact) mass is 544 g/mol. The molecule has 1 fully saturated rings. The fourth-order valence-electron chi connectivity index (χ4n) is 3.82. The molecule has 176 valence electrons. The number of ether oxygens (including phenoxy) is 1. The first-order valence-electron chi connectivity index (χ1n) is 11.5. The predicted molar refractivity (Wildman–Crippen MR) is 139 cm³/mol. The van der Waals surface area contributed by atoms with Crippen molar-refractivity contribution < 1.29 is 9.53 Å². The smallest absolute Gasteiger partial charge is 0.223 e. The highest BCUT2D eigenvalue weighted by molar-refractivity contribution is 14.0. The summed E-state index contributed by atoms with van der Waals surface area (Å²) in [4.78, 5) is 19.1. The number of rotatable bonds is 12. The van der Waals surface area contributed by atoms with Crippen molar-refractivity contribution in [3.63, 3.8) is 0 Å². The molecule has 2 unspecified atom stereocenters. The van der Waals surface area contributed by atoms with Crippen LogP contribution in [0.15, 0.2) is 35.3 Å². The van der Waals surface area contributed by atoms with Gasteiger partial charge in [0.25, 0.3) is 0 Å². The van der Waals surface area contributed by atoms with Crippen LogP contribution in [0, 0.1) is 11.8 Å². The molecular weight excluding hydrogens is 503 g/mol. The normalized spacial score (nSPS) is 17.6. The van der Waals surface area contributed by atoms with Crippen LogP contribution in [0.4, 0.5) is 0 Å². The minimum atomic E-state index is 0. The highest BCUT2D eigenvalue weighted by atomic mass is 127. The average molecular weight is 545 g/mol. The van der Waals surface area contributed by atoms with E-state index in [-0.39, 0.29) is 41.9 Å². The molecular formula is C24H41IN4O2. The summed E-state index contributed by atoms with van der Waals surface area (Å²) in [5.74, 6) is 1.86. The molecule has 1 saturated heterocycles. The third-order valence-corrected chi connectivity index (χ3v) is 5.51. The Morgan fingerprint density at radius 3 is 2.61 bits per heavy atom. The molecule has 0 radical (unpaired) electrons. The van der Waals surface area contributed by atoms with Crippen molar-refractivity contribution in [3.8, 4) is 0 Å². The van der Waals surface area contributed by atoms with E-state index in [0.717, 1.165) is 51.6 Å². The second-order valence-electron chi connectivity index (χ2n) is 8.32. The fraction of sp³-hybridized carbons (Fsp3) is 0.667. The highest BCUT2D eigenvalue weighted by Crippen LogP contribution is 2.18. The molecule has 2 N–H and O–H groups in total. The van der Waals surface area contributed by atoms with E-state index >= 15 is 0 Å². The van der Waals surface area contributed by atoms with Crippen molar-refractivity contribution in [2.75, 3.05) is 39.3 Å². The van der Waals surface area contributed by atoms with Crippen LogP contribution in [0.25, 0.3) is 0 Å². The van der Waals surface area contributed by atoms with E-state index in [1.807, 2.05) is 30.0 Å². The lowest BCUT2D eigenvalue weighted by Crippen LogP contribution is -2.39. The van der Waals surface area contributed by atoms with Gasteiger partial charge in [0.1, 0.15) is 0 Å². The van der Waals surface area contributed by atoms with E-state index in [0.29, 0.717) is 18.9 Å². The summed E-state index contributed by atoms with van der Waals surface area (Å²) in [5.41, 5.74) is 1.28. The fourth-order valence-corrected chi connectivity index (χ4v) is 3.82. The van der Waals surface area contributed by atoms with Gasteiger partial charge >= 0.3 is 0 Å². The van der Waals surface area contributed by atoms with E-state index in [9.17, 15) is 4.79 Å². The second kappa shape index (κ2) is 15.5. The van der Waals surface area contributed by atoms with Gasteiger partial charge in [-0.25, -0.2) is 0 Å². The number of hydrogen-bond acceptors (Lipinski definition) is 3. The van der Waals surface area contributed by atoms with Gasteiger partial charge in [0, 0.05) is 51.7 Å². The van der Waals surface area contributed by atoms with Crippen LogP contribution in [0.1, 0.15) is 46.1 Å². The minimum absolute atomic E-state index is 0. The summed E-state index contributed by atoms with van der Waals surface area (Å²) in [6, 6.07) is 10.4. The zero-order chi connectivity index (χ0) is 21.8. The largest absolute Gasteiger partial charge is 0.378 e. The van der Waals surface area contributed by atoms with Crippen molar-refractivity contribution in [1.29, 1.82) is 0 Å². The lowest BCUT2D eigenvalue weighted by molar-refractivity contribution is -0.127. The number of likely N-dealkylation sites (tertiary alicyclic amines) is 1. The molecule has 1 aromatic rings. The van der Waals surface area contributed by atoms with Gasteiger partial charge in [0.15, 0.2) is 5.96 Å². The molecule has 1 aliphatic heterocycles. The lowest BCUT2D eigenvalue weighted by atomic mass is 10.0. The predicted octanol–water partition coefficient (Wildman–Crippen LogP) is 3.70. The highest BCUT2D eigenvalue weighted by Gasteiger charge is 2.29. The van der Waals surface area contributed by atoms with Crippen molar-refractivity contribution in [1.82, 2.24) is 15.5 Å². The van der Waals surface area contributed by atoms with Gasteiger partial charge in [-0.2, -0.15) is 0 Å². The molecule has 0 spiro atoms. The summed E-state index contributed by atoms with van der Waals surface area (Å²) in [6.45, 7) is 13.1. The summed E-state index contributed by atoms with van der Waals surface area (Å²) in [5, 5.41) is 6.73. The molecule has 7 heteroatoms. The van der Waals surface area contributed by atoms with Gasteiger partial charge in [-0.1, -0.05) is 44.2 Å². The van der Waals surface area contributed by atoms with Crippen LogP contribution < -0.4 is 10.6 Å². The topological polar surface area (TPSA) is 66.0 Å². The van der Waals surface area contributed by atoms with Gasteiger partial charge in [-0.3, -0.25) is 9.79 Å². The first kappa shape index (κ1) is 27.7. The Morgan fingerprint density at radius 1 is 1.23 bits per heavy atom. The van der Waals surface area contributed by atoms with E-state index < -0.39 is 0 Å². The molecule has 0 saturated carbocycles. The van der Waals surface area contributed by atoms with Gasteiger partial charge in [-0.05, 0) is 38.2 Å². The van der Waals surface area contributed by atoms with Gasteiger partial charge in [-0.15, -0.1) is 24.0 Å². The number of guanidine groups is 1. The maximum absolute atomic E-state index is 12.4. The quantitative estimate of drug-likeness (QED) is 0.239. The molecule has 1 aromatic carbocycles. The van der Waals surface area contributed by atoms with Crippen LogP contribution in [-0.2, 0) is 16.0 Å². The Labute approximate surface area is 205 Å². The Kier molecular flexibility index (Phi) is 13.8. The number of nitrogens with one attached hydrogen (secondary N) is 2. The number of carbonyl (C=O) groups is 1. The van der Waals surface area contributed by atoms with Crippen LogP contribution in [0.2, 0.25) is 0 Å². The number of hydrogen-bond donors (Lipinski definition) is 2. The maximum Gasteiger partial charge on any atom is 0.223 e. The van der Waals surface area contributed by atoms with Crippen LogP contribution in [-0.4, -0.2) is 62.2 Å². The van der Waals surface area contributed by atoms with Crippen LogP contribution in [0.3, 0.4) is 0 Å². The molecule has 31 heavy (non-hydrogen) atoms. The van der Waals surface area contributed by atoms with E-state index in [1.54, 1.807) is 0 Å². The van der Waals surface area contributed by atoms with Crippen molar-refractivity contribution in [2.45, 2.75) is 53.1 Å². The van der Waals surface area contributed by atoms with E-state index in [4.69, 9.17) is 9.73 Å². The Hall–Kier alpha value is -1.35. The summed E-state index contributed by atoms with van der Waals surface area (Å²) < 4.78 is 5.82. The summed E-state index contributed by atoms with van der Waals surface area (Å²) >= 11 is 0. The number of nitrogens with zero attached hydrogens (tertiary/aromatic N) is 2. The Morgan fingerprint density at radius 2 is 1.97 bits per heavy atom. The van der Waals surface area contributed by atoms with Gasteiger partial charge in [0.2, 0.25) is 5.91 Å². The van der Waals surface area contributed by atoms with Gasteiger partial charge in [0.05, 0.1) is 6.10 Å². The first-order valence-corrected chi connectivity index (χ1v) is 11.5. The molecule has 1 amide bonds. The van der Waals surface area contributed by atoms with Crippen LogP contribution in [0.5, 0.6) is 0 Å². The molecule has 6 nitrogen and oxygen atoms in total. The third-order valence-electron chi connectivity index (χ3n) is 5.51.